The van der Waals surface area contributed by atoms with Crippen LogP contribution in [0.3, 0.4) is 0 Å². The number of rotatable bonds is 4. The summed E-state index contributed by atoms with van der Waals surface area (Å²) in [5.74, 6) is 3.86. The summed E-state index contributed by atoms with van der Waals surface area (Å²) < 4.78 is 0. The Balaban J connectivity index is 1.60. The minimum absolute atomic E-state index is 0.202. The molecule has 0 atom stereocenters. The van der Waals surface area contributed by atoms with Gasteiger partial charge in [0.2, 0.25) is 5.91 Å². The van der Waals surface area contributed by atoms with Crippen LogP contribution in [-0.4, -0.2) is 35.5 Å². The maximum Gasteiger partial charge on any atom is 0.223 e. The van der Waals surface area contributed by atoms with Crippen molar-refractivity contribution in [3.63, 3.8) is 0 Å². The lowest BCUT2D eigenvalue weighted by Gasteiger charge is -2.27. The predicted molar refractivity (Wildman–Crippen MR) is 78.3 cm³/mol. The lowest BCUT2D eigenvalue weighted by Crippen LogP contribution is -2.33. The van der Waals surface area contributed by atoms with E-state index in [-0.39, 0.29) is 11.8 Å². The van der Waals surface area contributed by atoms with Gasteiger partial charge in [0.1, 0.15) is 5.82 Å². The highest BCUT2D eigenvalue weighted by Crippen LogP contribution is 2.28. The van der Waals surface area contributed by atoms with E-state index in [0.29, 0.717) is 6.54 Å². The highest BCUT2D eigenvalue weighted by atomic mass is 32.2. The molecule has 0 radical (unpaired) electrons. The lowest BCUT2D eigenvalue weighted by molar-refractivity contribution is -0.122. The van der Waals surface area contributed by atoms with E-state index >= 15 is 0 Å². The van der Waals surface area contributed by atoms with E-state index in [1.807, 2.05) is 24.0 Å². The largest absolute Gasteiger partial charge is 0.355 e. The van der Waals surface area contributed by atoms with Gasteiger partial charge in [0.15, 0.2) is 0 Å². The van der Waals surface area contributed by atoms with Crippen LogP contribution in [0.15, 0.2) is 18.3 Å². The first-order valence-corrected chi connectivity index (χ1v) is 8.04. The molecule has 1 saturated carbocycles. The molecule has 0 aromatic carbocycles. The fraction of sp³-hybridized carbons (Fsp3) is 0.571. The number of anilines is 1. The molecule has 0 unspecified atom stereocenters. The van der Waals surface area contributed by atoms with Crippen LogP contribution >= 0.6 is 11.8 Å². The minimum Gasteiger partial charge on any atom is -0.355 e. The second kappa shape index (κ2) is 5.82. The SMILES string of the molecule is O=C(NCc1ccnc(N2CCSCC2)c1)C1CC1. The van der Waals surface area contributed by atoms with E-state index in [4.69, 9.17) is 0 Å². The molecule has 1 aliphatic carbocycles. The third kappa shape index (κ3) is 3.41. The molecular weight excluding hydrogens is 258 g/mol. The van der Waals surface area contributed by atoms with Crippen molar-refractivity contribution in [1.29, 1.82) is 0 Å². The molecule has 5 heteroatoms. The van der Waals surface area contributed by atoms with E-state index in [1.54, 1.807) is 0 Å². The van der Waals surface area contributed by atoms with Crippen LogP contribution in [0.5, 0.6) is 0 Å². The van der Waals surface area contributed by atoms with Crippen molar-refractivity contribution in [3.05, 3.63) is 23.9 Å². The van der Waals surface area contributed by atoms with Crippen LogP contribution in [0, 0.1) is 5.92 Å². The Morgan fingerprint density at radius 2 is 2.21 bits per heavy atom. The second-order valence-corrected chi connectivity index (χ2v) is 6.34. The fourth-order valence-electron chi connectivity index (χ4n) is 2.21. The number of pyridine rings is 1. The van der Waals surface area contributed by atoms with Crippen LogP contribution in [0.1, 0.15) is 18.4 Å². The van der Waals surface area contributed by atoms with Gasteiger partial charge in [-0.25, -0.2) is 4.98 Å². The molecular formula is C14H19N3OS. The van der Waals surface area contributed by atoms with E-state index < -0.39 is 0 Å². The number of hydrogen-bond acceptors (Lipinski definition) is 4. The van der Waals surface area contributed by atoms with Crippen molar-refractivity contribution < 1.29 is 4.79 Å². The zero-order chi connectivity index (χ0) is 13.1. The van der Waals surface area contributed by atoms with Gasteiger partial charge in [-0.05, 0) is 30.5 Å². The zero-order valence-electron chi connectivity index (χ0n) is 11.0. The zero-order valence-corrected chi connectivity index (χ0v) is 11.8. The van der Waals surface area contributed by atoms with Gasteiger partial charge in [-0.1, -0.05) is 0 Å². The number of carbonyl (C=O) groups is 1. The van der Waals surface area contributed by atoms with Crippen LogP contribution in [0.25, 0.3) is 0 Å². The maximum absolute atomic E-state index is 11.6. The number of nitrogens with zero attached hydrogens (tertiary/aromatic N) is 2. The Morgan fingerprint density at radius 1 is 1.42 bits per heavy atom. The molecule has 4 nitrogen and oxygen atoms in total. The van der Waals surface area contributed by atoms with Crippen molar-refractivity contribution in [2.75, 3.05) is 29.5 Å². The molecule has 1 N–H and O–H groups in total. The van der Waals surface area contributed by atoms with Crippen molar-refractivity contribution in [2.45, 2.75) is 19.4 Å². The molecule has 0 spiro atoms. The minimum atomic E-state index is 0.202. The quantitative estimate of drug-likeness (QED) is 0.909. The molecule has 0 bridgehead atoms. The first-order chi connectivity index (χ1) is 9.33. The smallest absolute Gasteiger partial charge is 0.223 e. The third-order valence-electron chi connectivity index (χ3n) is 3.56. The molecule has 2 fully saturated rings. The second-order valence-electron chi connectivity index (χ2n) is 5.11. The summed E-state index contributed by atoms with van der Waals surface area (Å²) in [6.45, 7) is 2.75. The average Bonchev–Trinajstić information content (AvgIpc) is 3.31. The van der Waals surface area contributed by atoms with Gasteiger partial charge in [0.25, 0.3) is 0 Å². The van der Waals surface area contributed by atoms with Crippen LogP contribution in [0.4, 0.5) is 5.82 Å². The van der Waals surface area contributed by atoms with E-state index in [0.717, 1.165) is 37.3 Å². The summed E-state index contributed by atoms with van der Waals surface area (Å²) >= 11 is 2.00. The molecule has 102 valence electrons. The Morgan fingerprint density at radius 3 is 2.95 bits per heavy atom. The van der Waals surface area contributed by atoms with Gasteiger partial charge in [0.05, 0.1) is 0 Å². The summed E-state index contributed by atoms with van der Waals surface area (Å²) in [6.07, 6.45) is 3.95. The van der Waals surface area contributed by atoms with E-state index in [9.17, 15) is 4.79 Å². The third-order valence-corrected chi connectivity index (χ3v) is 4.50. The molecule has 19 heavy (non-hydrogen) atoms. The molecule has 1 saturated heterocycles. The Labute approximate surface area is 118 Å². The van der Waals surface area contributed by atoms with Crippen molar-refractivity contribution >= 4 is 23.5 Å². The fourth-order valence-corrected chi connectivity index (χ4v) is 3.12. The monoisotopic (exact) mass is 277 g/mol. The van der Waals surface area contributed by atoms with Crippen molar-refractivity contribution in [1.82, 2.24) is 10.3 Å². The molecule has 1 amide bonds. The molecule has 1 aromatic heterocycles. The highest BCUT2D eigenvalue weighted by molar-refractivity contribution is 7.99. The van der Waals surface area contributed by atoms with E-state index in [1.165, 1.54) is 11.5 Å². The average molecular weight is 277 g/mol. The molecule has 1 aromatic rings. The Bertz CT molecular complexity index is 456. The van der Waals surface area contributed by atoms with E-state index in [2.05, 4.69) is 21.3 Å². The Kier molecular flexibility index (Phi) is 3.92. The summed E-state index contributed by atoms with van der Waals surface area (Å²) in [6, 6.07) is 4.08. The summed E-state index contributed by atoms with van der Waals surface area (Å²) in [5, 5.41) is 3.00. The Hall–Kier alpha value is -1.23. The molecule has 2 aliphatic rings. The lowest BCUT2D eigenvalue weighted by atomic mass is 10.2. The number of aromatic nitrogens is 1. The summed E-state index contributed by atoms with van der Waals surface area (Å²) in [7, 11) is 0. The first kappa shape index (κ1) is 12.8. The molecule has 2 heterocycles. The number of amides is 1. The topological polar surface area (TPSA) is 45.2 Å². The number of nitrogens with one attached hydrogen (secondary N) is 1. The van der Waals surface area contributed by atoms with Crippen LogP contribution in [0.2, 0.25) is 0 Å². The predicted octanol–water partition coefficient (Wildman–Crippen LogP) is 1.66. The highest BCUT2D eigenvalue weighted by Gasteiger charge is 2.29. The van der Waals surface area contributed by atoms with Crippen molar-refractivity contribution in [2.24, 2.45) is 5.92 Å². The van der Waals surface area contributed by atoms with Crippen LogP contribution in [-0.2, 0) is 11.3 Å². The summed E-state index contributed by atoms with van der Waals surface area (Å²) in [4.78, 5) is 18.4. The van der Waals surface area contributed by atoms with Crippen molar-refractivity contribution in [3.8, 4) is 0 Å². The van der Waals surface area contributed by atoms with Crippen LogP contribution < -0.4 is 10.2 Å². The van der Waals surface area contributed by atoms with Gasteiger partial charge in [0, 0.05) is 43.3 Å². The van der Waals surface area contributed by atoms with Gasteiger partial charge in [-0.15, -0.1) is 0 Å². The number of thioether (sulfide) groups is 1. The van der Waals surface area contributed by atoms with Gasteiger partial charge in [-0.2, -0.15) is 11.8 Å². The number of carbonyl (C=O) groups excluding carboxylic acids is 1. The van der Waals surface area contributed by atoms with Gasteiger partial charge >= 0.3 is 0 Å². The number of hydrogen-bond donors (Lipinski definition) is 1. The maximum atomic E-state index is 11.6. The normalized spacial score (nSPS) is 19.3. The van der Waals surface area contributed by atoms with Gasteiger partial charge in [-0.3, -0.25) is 4.79 Å². The molecule has 1 aliphatic heterocycles. The summed E-state index contributed by atoms with van der Waals surface area (Å²) in [5.41, 5.74) is 1.14. The standard InChI is InChI=1S/C14H19N3OS/c18-14(12-1-2-12)16-10-11-3-4-15-13(9-11)17-5-7-19-8-6-17/h3-4,9,12H,1-2,5-8,10H2,(H,16,18). The molecule has 3 rings (SSSR count). The first-order valence-electron chi connectivity index (χ1n) is 6.88. The van der Waals surface area contributed by atoms with Gasteiger partial charge < -0.3 is 10.2 Å².